The first-order chi connectivity index (χ1) is 11.1. The highest BCUT2D eigenvalue weighted by Crippen LogP contribution is 2.33. The van der Waals surface area contributed by atoms with Gasteiger partial charge in [0.1, 0.15) is 16.4 Å². The van der Waals surface area contributed by atoms with Crippen LogP contribution in [0.4, 0.5) is 0 Å². The summed E-state index contributed by atoms with van der Waals surface area (Å²) in [7, 11) is 0. The largest absolute Gasteiger partial charge is 0.300 e. The quantitative estimate of drug-likeness (QED) is 0.675. The van der Waals surface area contributed by atoms with Gasteiger partial charge in [-0.25, -0.2) is 4.98 Å². The zero-order valence-electron chi connectivity index (χ0n) is 13.2. The SMILES string of the molecule is CCCc1nc2scc(-c3cccs3)c2c(=O)n1CCC(C)=O. The average Bonchev–Trinajstić information content (AvgIpc) is 3.15. The van der Waals surface area contributed by atoms with Gasteiger partial charge in [-0.2, -0.15) is 0 Å². The molecular formula is C17H18N2O2S2. The second-order valence-electron chi connectivity index (χ2n) is 5.49. The molecule has 0 aromatic carbocycles. The predicted molar refractivity (Wildman–Crippen MR) is 96.5 cm³/mol. The van der Waals surface area contributed by atoms with Gasteiger partial charge in [-0.1, -0.05) is 13.0 Å². The third kappa shape index (κ3) is 3.14. The Morgan fingerprint density at radius 3 is 2.83 bits per heavy atom. The Morgan fingerprint density at radius 2 is 2.17 bits per heavy atom. The first kappa shape index (κ1) is 16.1. The Hall–Kier alpha value is -1.79. The molecule has 3 rings (SSSR count). The van der Waals surface area contributed by atoms with Gasteiger partial charge in [-0.05, 0) is 24.8 Å². The van der Waals surface area contributed by atoms with Gasteiger partial charge in [0.25, 0.3) is 5.56 Å². The van der Waals surface area contributed by atoms with E-state index in [2.05, 4.69) is 6.92 Å². The smallest absolute Gasteiger partial charge is 0.262 e. The highest BCUT2D eigenvalue weighted by atomic mass is 32.1. The van der Waals surface area contributed by atoms with Crippen molar-refractivity contribution in [2.45, 2.75) is 39.7 Å². The van der Waals surface area contributed by atoms with E-state index in [-0.39, 0.29) is 11.3 Å². The molecule has 0 saturated heterocycles. The van der Waals surface area contributed by atoms with E-state index in [9.17, 15) is 9.59 Å². The Kier molecular flexibility index (Phi) is 4.73. The van der Waals surface area contributed by atoms with Gasteiger partial charge in [0, 0.05) is 35.2 Å². The predicted octanol–water partition coefficient (Wildman–Crippen LogP) is 4.12. The van der Waals surface area contributed by atoms with Gasteiger partial charge in [0.05, 0.1) is 5.39 Å². The van der Waals surface area contributed by atoms with E-state index in [1.165, 1.54) is 11.3 Å². The van der Waals surface area contributed by atoms with Crippen LogP contribution < -0.4 is 5.56 Å². The first-order valence-corrected chi connectivity index (χ1v) is 9.42. The second kappa shape index (κ2) is 6.76. The number of carbonyl (C=O) groups excluding carboxylic acids is 1. The van der Waals surface area contributed by atoms with Crippen molar-refractivity contribution in [1.82, 2.24) is 9.55 Å². The molecule has 3 aromatic heterocycles. The lowest BCUT2D eigenvalue weighted by Gasteiger charge is -2.11. The molecule has 0 aliphatic rings. The number of thiophene rings is 2. The highest BCUT2D eigenvalue weighted by Gasteiger charge is 2.17. The van der Waals surface area contributed by atoms with Crippen molar-refractivity contribution in [3.8, 4) is 10.4 Å². The van der Waals surface area contributed by atoms with Crippen LogP contribution >= 0.6 is 22.7 Å². The van der Waals surface area contributed by atoms with E-state index in [0.717, 1.165) is 33.9 Å². The number of rotatable bonds is 6. The van der Waals surface area contributed by atoms with Gasteiger partial charge in [-0.15, -0.1) is 22.7 Å². The van der Waals surface area contributed by atoms with E-state index < -0.39 is 0 Å². The maximum atomic E-state index is 13.0. The van der Waals surface area contributed by atoms with Crippen LogP contribution in [0.25, 0.3) is 20.7 Å². The number of aromatic nitrogens is 2. The molecule has 3 aromatic rings. The fraction of sp³-hybridized carbons (Fsp3) is 0.353. The maximum Gasteiger partial charge on any atom is 0.262 e. The van der Waals surface area contributed by atoms with Crippen molar-refractivity contribution < 1.29 is 4.79 Å². The van der Waals surface area contributed by atoms with Crippen LogP contribution in [-0.4, -0.2) is 15.3 Å². The van der Waals surface area contributed by atoms with Crippen LogP contribution in [0.2, 0.25) is 0 Å². The molecule has 0 radical (unpaired) electrons. The summed E-state index contributed by atoms with van der Waals surface area (Å²) in [6.45, 7) is 4.03. The number of Topliss-reactive ketones (excluding diaryl/α,β-unsaturated/α-hetero) is 1. The minimum Gasteiger partial charge on any atom is -0.300 e. The summed E-state index contributed by atoms with van der Waals surface area (Å²) in [6.07, 6.45) is 2.03. The Morgan fingerprint density at radius 1 is 1.35 bits per heavy atom. The molecule has 23 heavy (non-hydrogen) atoms. The zero-order chi connectivity index (χ0) is 16.4. The molecule has 0 amide bonds. The first-order valence-electron chi connectivity index (χ1n) is 7.66. The molecule has 0 aliphatic heterocycles. The second-order valence-corrected chi connectivity index (χ2v) is 7.30. The fourth-order valence-corrected chi connectivity index (χ4v) is 4.36. The van der Waals surface area contributed by atoms with Gasteiger partial charge in [0.15, 0.2) is 0 Å². The maximum absolute atomic E-state index is 13.0. The minimum atomic E-state index is -0.0237. The molecule has 4 nitrogen and oxygen atoms in total. The summed E-state index contributed by atoms with van der Waals surface area (Å²) in [6, 6.07) is 4.00. The molecule has 0 bridgehead atoms. The van der Waals surface area contributed by atoms with Gasteiger partial charge in [0.2, 0.25) is 0 Å². The zero-order valence-corrected chi connectivity index (χ0v) is 14.8. The molecule has 120 valence electrons. The molecular weight excluding hydrogens is 328 g/mol. The summed E-state index contributed by atoms with van der Waals surface area (Å²) in [5, 5.41) is 4.70. The molecule has 3 heterocycles. The van der Waals surface area contributed by atoms with Crippen molar-refractivity contribution in [2.75, 3.05) is 0 Å². The molecule has 0 aliphatic carbocycles. The number of hydrogen-bond donors (Lipinski definition) is 0. The molecule has 0 fully saturated rings. The van der Waals surface area contributed by atoms with E-state index in [1.54, 1.807) is 22.8 Å². The molecule has 0 N–H and O–H groups in total. The van der Waals surface area contributed by atoms with Crippen LogP contribution in [0.3, 0.4) is 0 Å². The van der Waals surface area contributed by atoms with Crippen molar-refractivity contribution in [3.63, 3.8) is 0 Å². The molecule has 0 spiro atoms. The van der Waals surface area contributed by atoms with Crippen LogP contribution in [0, 0.1) is 0 Å². The summed E-state index contributed by atoms with van der Waals surface area (Å²) in [4.78, 5) is 31.0. The summed E-state index contributed by atoms with van der Waals surface area (Å²) >= 11 is 3.13. The fourth-order valence-electron chi connectivity index (χ4n) is 2.59. The van der Waals surface area contributed by atoms with E-state index in [0.29, 0.717) is 18.4 Å². The van der Waals surface area contributed by atoms with E-state index in [4.69, 9.17) is 4.98 Å². The van der Waals surface area contributed by atoms with Crippen LogP contribution in [0.5, 0.6) is 0 Å². The highest BCUT2D eigenvalue weighted by molar-refractivity contribution is 7.18. The van der Waals surface area contributed by atoms with Gasteiger partial charge < -0.3 is 0 Å². The topological polar surface area (TPSA) is 52.0 Å². The van der Waals surface area contributed by atoms with Crippen LogP contribution in [-0.2, 0) is 17.8 Å². The summed E-state index contributed by atoms with van der Waals surface area (Å²) in [5.74, 6) is 0.870. The number of nitrogens with zero attached hydrogens (tertiary/aromatic N) is 2. The number of carbonyl (C=O) groups is 1. The minimum absolute atomic E-state index is 0.0237. The number of fused-ring (bicyclic) bond motifs is 1. The lowest BCUT2D eigenvalue weighted by molar-refractivity contribution is -0.117. The third-order valence-electron chi connectivity index (χ3n) is 3.72. The Labute approximate surface area is 142 Å². The lowest BCUT2D eigenvalue weighted by Crippen LogP contribution is -2.26. The van der Waals surface area contributed by atoms with Crippen LogP contribution in [0.1, 0.15) is 32.5 Å². The standard InChI is InChI=1S/C17H18N2O2S2/c1-3-5-14-18-16-15(17(21)19(14)8-7-11(2)20)12(10-23-16)13-6-4-9-22-13/h4,6,9-10H,3,5,7-8H2,1-2H3. The summed E-state index contributed by atoms with van der Waals surface area (Å²) in [5.41, 5.74) is 0.932. The molecule has 6 heteroatoms. The van der Waals surface area contributed by atoms with Crippen molar-refractivity contribution in [2.24, 2.45) is 0 Å². The van der Waals surface area contributed by atoms with Gasteiger partial charge >= 0.3 is 0 Å². The lowest BCUT2D eigenvalue weighted by atomic mass is 10.2. The average molecular weight is 346 g/mol. The Balaban J connectivity index is 2.20. The number of aryl methyl sites for hydroxylation is 1. The van der Waals surface area contributed by atoms with Crippen molar-refractivity contribution in [3.05, 3.63) is 39.1 Å². The van der Waals surface area contributed by atoms with Crippen molar-refractivity contribution >= 4 is 38.7 Å². The van der Waals surface area contributed by atoms with E-state index in [1.807, 2.05) is 22.9 Å². The normalized spacial score (nSPS) is 11.2. The molecule has 0 unspecified atom stereocenters. The number of hydrogen-bond acceptors (Lipinski definition) is 5. The monoisotopic (exact) mass is 346 g/mol. The Bertz CT molecular complexity index is 891. The third-order valence-corrected chi connectivity index (χ3v) is 5.50. The van der Waals surface area contributed by atoms with Crippen LogP contribution in [0.15, 0.2) is 27.7 Å². The molecule has 0 saturated carbocycles. The molecule has 0 atom stereocenters. The number of ketones is 1. The van der Waals surface area contributed by atoms with E-state index >= 15 is 0 Å². The summed E-state index contributed by atoms with van der Waals surface area (Å²) < 4.78 is 1.69. The van der Waals surface area contributed by atoms with Gasteiger partial charge in [-0.3, -0.25) is 14.2 Å². The van der Waals surface area contributed by atoms with Crippen molar-refractivity contribution in [1.29, 1.82) is 0 Å².